The molecule has 2 amide bonds. The van der Waals surface area contributed by atoms with Crippen molar-refractivity contribution >= 4 is 23.6 Å². The van der Waals surface area contributed by atoms with E-state index in [1.54, 1.807) is 6.08 Å². The van der Waals surface area contributed by atoms with E-state index < -0.39 is 0 Å². The molecule has 1 aliphatic carbocycles. The first-order valence-corrected chi connectivity index (χ1v) is 10.8. The summed E-state index contributed by atoms with van der Waals surface area (Å²) in [6.45, 7) is 6.96. The fraction of sp³-hybridized carbons (Fsp3) is 0.417. The molecule has 2 aromatic rings. The van der Waals surface area contributed by atoms with Crippen molar-refractivity contribution < 1.29 is 14.0 Å². The second kappa shape index (κ2) is 9.06. The molecule has 1 N–H and O–H groups in total. The zero-order valence-electron chi connectivity index (χ0n) is 18.1. The van der Waals surface area contributed by atoms with Gasteiger partial charge in [-0.2, -0.15) is 0 Å². The molecule has 6 nitrogen and oxygen atoms in total. The Balaban J connectivity index is 1.25. The molecule has 2 aliphatic rings. The Morgan fingerprint density at radius 3 is 2.42 bits per heavy atom. The topological polar surface area (TPSA) is 57.6 Å². The predicted octanol–water partition coefficient (Wildman–Crippen LogP) is 3.38. The van der Waals surface area contributed by atoms with Gasteiger partial charge in [0, 0.05) is 55.4 Å². The minimum Gasteiger partial charge on any atom is -0.346 e. The lowest BCUT2D eigenvalue weighted by atomic mass is 10.2. The molecule has 0 atom stereocenters. The lowest BCUT2D eigenvalue weighted by Gasteiger charge is -2.33. The highest BCUT2D eigenvalue weighted by atomic mass is 19.1. The normalized spacial score (nSPS) is 17.3. The van der Waals surface area contributed by atoms with Crippen LogP contribution in [0.15, 0.2) is 36.4 Å². The molecule has 4 rings (SSSR count). The molecule has 1 aromatic carbocycles. The number of carbonyl (C=O) groups is 2. The number of halogens is 1. The van der Waals surface area contributed by atoms with E-state index in [1.165, 1.54) is 48.5 Å². The number of nitrogens with zero attached hydrogens (tertiary/aromatic N) is 3. The number of hydrogen-bond donors (Lipinski definition) is 1. The van der Waals surface area contributed by atoms with E-state index in [0.717, 1.165) is 5.56 Å². The average molecular weight is 425 g/mol. The molecule has 0 spiro atoms. The largest absolute Gasteiger partial charge is 0.346 e. The smallest absolute Gasteiger partial charge is 0.246 e. The minimum absolute atomic E-state index is 0.00615. The summed E-state index contributed by atoms with van der Waals surface area (Å²) in [6.07, 6.45) is 6.07. The van der Waals surface area contributed by atoms with E-state index in [9.17, 15) is 14.0 Å². The third kappa shape index (κ3) is 5.22. The molecule has 1 saturated carbocycles. The van der Waals surface area contributed by atoms with E-state index in [2.05, 4.69) is 29.8 Å². The lowest BCUT2D eigenvalue weighted by molar-refractivity contribution is -0.127. The van der Waals surface area contributed by atoms with Crippen molar-refractivity contribution in [2.45, 2.75) is 32.7 Å². The summed E-state index contributed by atoms with van der Waals surface area (Å²) in [5, 5.41) is 2.77. The summed E-state index contributed by atoms with van der Waals surface area (Å²) >= 11 is 0. The first kappa shape index (κ1) is 21.3. The second-order valence-electron chi connectivity index (χ2n) is 8.42. The van der Waals surface area contributed by atoms with Crippen molar-refractivity contribution in [2.75, 3.05) is 38.0 Å². The molecule has 1 aliphatic heterocycles. The van der Waals surface area contributed by atoms with Gasteiger partial charge in [0.25, 0.3) is 0 Å². The van der Waals surface area contributed by atoms with Crippen LogP contribution in [0, 0.1) is 19.7 Å². The van der Waals surface area contributed by atoms with Gasteiger partial charge in [-0.3, -0.25) is 14.5 Å². The van der Waals surface area contributed by atoms with Crippen molar-refractivity contribution in [1.29, 1.82) is 0 Å². The van der Waals surface area contributed by atoms with Crippen LogP contribution in [0.4, 0.5) is 10.1 Å². The zero-order valence-corrected chi connectivity index (χ0v) is 18.1. The SMILES string of the molecule is Cc1cc(/C=C/C(=O)N2CCN(CC(=O)Nc3ccc(F)cc3)CC2)c(C)n1C1CC1. The summed E-state index contributed by atoms with van der Waals surface area (Å²) in [6, 6.07) is 8.49. The summed E-state index contributed by atoms with van der Waals surface area (Å²) < 4.78 is 15.3. The van der Waals surface area contributed by atoms with Crippen LogP contribution in [-0.4, -0.2) is 58.9 Å². The molecular formula is C24H29FN4O2. The lowest BCUT2D eigenvalue weighted by Crippen LogP contribution is -2.50. The van der Waals surface area contributed by atoms with Crippen LogP contribution in [0.5, 0.6) is 0 Å². The summed E-state index contributed by atoms with van der Waals surface area (Å²) in [5.41, 5.74) is 4.15. The number of anilines is 1. The first-order valence-electron chi connectivity index (χ1n) is 10.8. The van der Waals surface area contributed by atoms with Crippen molar-refractivity contribution in [3.05, 3.63) is 59.2 Å². The quantitative estimate of drug-likeness (QED) is 0.724. The van der Waals surface area contributed by atoms with Gasteiger partial charge in [-0.05, 0) is 68.7 Å². The summed E-state index contributed by atoms with van der Waals surface area (Å²) in [4.78, 5) is 28.7. The van der Waals surface area contributed by atoms with Crippen molar-refractivity contribution in [3.8, 4) is 0 Å². The zero-order chi connectivity index (χ0) is 22.0. The van der Waals surface area contributed by atoms with Crippen LogP contribution < -0.4 is 5.32 Å². The Hall–Kier alpha value is -2.93. The predicted molar refractivity (Wildman–Crippen MR) is 119 cm³/mol. The molecule has 2 heterocycles. The van der Waals surface area contributed by atoms with E-state index in [-0.39, 0.29) is 24.2 Å². The Morgan fingerprint density at radius 2 is 1.77 bits per heavy atom. The van der Waals surface area contributed by atoms with E-state index in [1.807, 2.05) is 15.9 Å². The van der Waals surface area contributed by atoms with Gasteiger partial charge in [0.2, 0.25) is 11.8 Å². The number of nitrogens with one attached hydrogen (secondary N) is 1. The van der Waals surface area contributed by atoms with Crippen LogP contribution in [0.3, 0.4) is 0 Å². The first-order chi connectivity index (χ1) is 14.9. The van der Waals surface area contributed by atoms with Crippen LogP contribution in [0.1, 0.15) is 35.8 Å². The molecule has 1 aromatic heterocycles. The molecular weight excluding hydrogens is 395 g/mol. The number of rotatable bonds is 6. The van der Waals surface area contributed by atoms with Gasteiger partial charge < -0.3 is 14.8 Å². The van der Waals surface area contributed by atoms with Gasteiger partial charge in [0.15, 0.2) is 0 Å². The van der Waals surface area contributed by atoms with E-state index in [4.69, 9.17) is 0 Å². The Bertz CT molecular complexity index is 984. The third-order valence-corrected chi connectivity index (χ3v) is 6.02. The van der Waals surface area contributed by atoms with Crippen LogP contribution in [-0.2, 0) is 9.59 Å². The molecule has 7 heteroatoms. The van der Waals surface area contributed by atoms with Crippen molar-refractivity contribution in [3.63, 3.8) is 0 Å². The van der Waals surface area contributed by atoms with Gasteiger partial charge >= 0.3 is 0 Å². The monoisotopic (exact) mass is 424 g/mol. The van der Waals surface area contributed by atoms with Crippen LogP contribution in [0.2, 0.25) is 0 Å². The number of aromatic nitrogens is 1. The number of piperazine rings is 1. The van der Waals surface area contributed by atoms with Gasteiger partial charge in [-0.1, -0.05) is 0 Å². The maximum atomic E-state index is 13.0. The summed E-state index contributed by atoms with van der Waals surface area (Å²) in [7, 11) is 0. The van der Waals surface area contributed by atoms with Gasteiger partial charge in [0.1, 0.15) is 5.82 Å². The fourth-order valence-electron chi connectivity index (χ4n) is 4.20. The molecule has 1 saturated heterocycles. The maximum absolute atomic E-state index is 13.0. The van der Waals surface area contributed by atoms with Crippen LogP contribution in [0.25, 0.3) is 6.08 Å². The molecule has 31 heavy (non-hydrogen) atoms. The Kier molecular flexibility index (Phi) is 6.23. The maximum Gasteiger partial charge on any atom is 0.246 e. The number of amides is 2. The van der Waals surface area contributed by atoms with Gasteiger partial charge in [-0.25, -0.2) is 4.39 Å². The highest BCUT2D eigenvalue weighted by Gasteiger charge is 2.26. The molecule has 0 unspecified atom stereocenters. The second-order valence-corrected chi connectivity index (χ2v) is 8.42. The van der Waals surface area contributed by atoms with E-state index >= 15 is 0 Å². The molecule has 2 fully saturated rings. The average Bonchev–Trinajstić information content (AvgIpc) is 3.53. The third-order valence-electron chi connectivity index (χ3n) is 6.02. The fourth-order valence-corrected chi connectivity index (χ4v) is 4.20. The number of hydrogen-bond acceptors (Lipinski definition) is 3. The Labute approximate surface area is 182 Å². The minimum atomic E-state index is -0.335. The van der Waals surface area contributed by atoms with E-state index in [0.29, 0.717) is 37.9 Å². The number of benzene rings is 1. The highest BCUT2D eigenvalue weighted by Crippen LogP contribution is 2.38. The van der Waals surface area contributed by atoms with Crippen LogP contribution >= 0.6 is 0 Å². The molecule has 164 valence electrons. The highest BCUT2D eigenvalue weighted by molar-refractivity contribution is 5.93. The summed E-state index contributed by atoms with van der Waals surface area (Å²) in [5.74, 6) is -0.470. The number of aryl methyl sites for hydroxylation is 1. The number of carbonyl (C=O) groups excluding carboxylic acids is 2. The van der Waals surface area contributed by atoms with Gasteiger partial charge in [0.05, 0.1) is 6.54 Å². The van der Waals surface area contributed by atoms with Crippen molar-refractivity contribution in [1.82, 2.24) is 14.4 Å². The van der Waals surface area contributed by atoms with Gasteiger partial charge in [-0.15, -0.1) is 0 Å². The molecule has 0 radical (unpaired) electrons. The standard InChI is InChI=1S/C24H29FN4O2/c1-17-15-19(18(2)29(17)22-8-9-22)3-10-24(31)28-13-11-27(12-14-28)16-23(30)26-21-6-4-20(25)5-7-21/h3-7,10,15,22H,8-9,11-14,16H2,1-2H3,(H,26,30)/b10-3+. The molecule has 0 bridgehead atoms. The van der Waals surface area contributed by atoms with Crippen molar-refractivity contribution in [2.24, 2.45) is 0 Å². The Morgan fingerprint density at radius 1 is 1.10 bits per heavy atom.